The van der Waals surface area contributed by atoms with Crippen LogP contribution < -0.4 is 0 Å². The van der Waals surface area contributed by atoms with Crippen molar-refractivity contribution in [3.8, 4) is 0 Å². The van der Waals surface area contributed by atoms with Gasteiger partial charge in [-0.2, -0.15) is 0 Å². The first-order chi connectivity index (χ1) is 9.76. The van der Waals surface area contributed by atoms with E-state index in [2.05, 4.69) is 53.8 Å². The Morgan fingerprint density at radius 2 is 1.65 bits per heavy atom. The second kappa shape index (κ2) is 6.81. The van der Waals surface area contributed by atoms with Crippen molar-refractivity contribution >= 4 is 22.6 Å². The number of hydrogen-bond acceptors (Lipinski definition) is 0. The van der Waals surface area contributed by atoms with Crippen LogP contribution in [0.25, 0.3) is 0 Å². The highest BCUT2D eigenvalue weighted by Crippen LogP contribution is 2.48. The van der Waals surface area contributed by atoms with Gasteiger partial charge in [0.25, 0.3) is 0 Å². The monoisotopic (exact) mass is 382 g/mol. The van der Waals surface area contributed by atoms with E-state index in [0.29, 0.717) is 0 Å². The molecule has 0 aliphatic heterocycles. The first-order valence-corrected chi connectivity index (χ1v) is 9.59. The van der Waals surface area contributed by atoms with E-state index in [-0.39, 0.29) is 0 Å². The summed E-state index contributed by atoms with van der Waals surface area (Å²) in [6, 6.07) is 9.30. The van der Waals surface area contributed by atoms with Crippen LogP contribution in [0.3, 0.4) is 0 Å². The smallest absolute Gasteiger partial charge is 0.0130 e. The predicted octanol–water partition coefficient (Wildman–Crippen LogP) is 6.39. The molecular formula is C19H27I. The van der Waals surface area contributed by atoms with Crippen LogP contribution in [0.1, 0.15) is 69.8 Å². The molecule has 110 valence electrons. The van der Waals surface area contributed by atoms with E-state index >= 15 is 0 Å². The van der Waals surface area contributed by atoms with Crippen molar-refractivity contribution in [2.45, 2.75) is 64.2 Å². The maximum atomic E-state index is 2.41. The Balaban J connectivity index is 1.61. The first-order valence-electron chi connectivity index (χ1n) is 8.51. The van der Waals surface area contributed by atoms with Crippen molar-refractivity contribution in [1.82, 2.24) is 0 Å². The van der Waals surface area contributed by atoms with Gasteiger partial charge < -0.3 is 0 Å². The minimum atomic E-state index is 0.843. The fourth-order valence-electron chi connectivity index (χ4n) is 4.69. The molecule has 2 aliphatic rings. The van der Waals surface area contributed by atoms with Crippen molar-refractivity contribution in [3.05, 3.63) is 33.4 Å². The zero-order chi connectivity index (χ0) is 13.9. The molecule has 3 rings (SSSR count). The fraction of sp³-hybridized carbons (Fsp3) is 0.684. The summed E-state index contributed by atoms with van der Waals surface area (Å²) in [5.74, 6) is 3.98. The van der Waals surface area contributed by atoms with Crippen LogP contribution in [0.2, 0.25) is 0 Å². The molecule has 0 saturated heterocycles. The number of benzene rings is 1. The molecule has 2 aliphatic carbocycles. The van der Waals surface area contributed by atoms with Crippen LogP contribution in [0.15, 0.2) is 24.3 Å². The Bertz CT molecular complexity index is 422. The third-order valence-corrected chi connectivity index (χ3v) is 6.48. The number of halogens is 1. The lowest BCUT2D eigenvalue weighted by atomic mass is 9.63. The van der Waals surface area contributed by atoms with Gasteiger partial charge >= 0.3 is 0 Å². The van der Waals surface area contributed by atoms with Gasteiger partial charge in [0.2, 0.25) is 0 Å². The minimum Gasteiger partial charge on any atom is -0.0654 e. The zero-order valence-electron chi connectivity index (χ0n) is 12.7. The van der Waals surface area contributed by atoms with Crippen molar-refractivity contribution < 1.29 is 0 Å². The third kappa shape index (κ3) is 3.40. The summed E-state index contributed by atoms with van der Waals surface area (Å²) < 4.78 is 1.36. The predicted molar refractivity (Wildman–Crippen MR) is 95.0 cm³/mol. The van der Waals surface area contributed by atoms with Crippen LogP contribution in [-0.2, 0) is 0 Å². The van der Waals surface area contributed by atoms with E-state index in [1.807, 2.05) is 0 Å². The number of hydrogen-bond donors (Lipinski definition) is 0. The van der Waals surface area contributed by atoms with Crippen molar-refractivity contribution in [2.75, 3.05) is 0 Å². The van der Waals surface area contributed by atoms with Crippen LogP contribution >= 0.6 is 22.6 Å². The lowest BCUT2D eigenvalue weighted by Gasteiger charge is -2.42. The Morgan fingerprint density at radius 1 is 0.950 bits per heavy atom. The second-order valence-electron chi connectivity index (χ2n) is 7.05. The van der Waals surface area contributed by atoms with Crippen LogP contribution in [0, 0.1) is 21.3 Å². The van der Waals surface area contributed by atoms with Gasteiger partial charge in [0, 0.05) is 3.57 Å². The van der Waals surface area contributed by atoms with Gasteiger partial charge in [0.15, 0.2) is 0 Å². The summed E-state index contributed by atoms with van der Waals surface area (Å²) in [7, 11) is 0. The first kappa shape index (κ1) is 14.9. The van der Waals surface area contributed by atoms with Gasteiger partial charge in [-0.1, -0.05) is 38.3 Å². The third-order valence-electron chi connectivity index (χ3n) is 5.76. The molecule has 2 saturated carbocycles. The zero-order valence-corrected chi connectivity index (χ0v) is 14.8. The van der Waals surface area contributed by atoms with Gasteiger partial charge in [0.05, 0.1) is 0 Å². The largest absolute Gasteiger partial charge is 0.0654 e. The average molecular weight is 382 g/mol. The van der Waals surface area contributed by atoms with Crippen molar-refractivity contribution in [3.63, 3.8) is 0 Å². The van der Waals surface area contributed by atoms with E-state index in [0.717, 1.165) is 23.7 Å². The highest BCUT2D eigenvalue weighted by molar-refractivity contribution is 14.1. The topological polar surface area (TPSA) is 0 Å². The van der Waals surface area contributed by atoms with E-state index in [9.17, 15) is 0 Å². The van der Waals surface area contributed by atoms with E-state index in [4.69, 9.17) is 0 Å². The summed E-state index contributed by atoms with van der Waals surface area (Å²) in [6.07, 6.45) is 11.8. The summed E-state index contributed by atoms with van der Waals surface area (Å²) in [6.45, 7) is 2.35. The van der Waals surface area contributed by atoms with Gasteiger partial charge in [-0.3, -0.25) is 0 Å². The molecule has 0 heterocycles. The Hall–Kier alpha value is -0.0500. The normalized spacial score (nSPS) is 33.7. The molecule has 1 heteroatoms. The maximum Gasteiger partial charge on any atom is 0.0130 e. The molecule has 4 atom stereocenters. The molecule has 0 nitrogen and oxygen atoms in total. The van der Waals surface area contributed by atoms with Gasteiger partial charge in [0.1, 0.15) is 0 Å². The minimum absolute atomic E-state index is 0.843. The molecule has 0 spiro atoms. The molecule has 20 heavy (non-hydrogen) atoms. The molecule has 1 aromatic rings. The quantitative estimate of drug-likeness (QED) is 0.531. The maximum absolute atomic E-state index is 2.41. The van der Waals surface area contributed by atoms with E-state index < -0.39 is 0 Å². The number of rotatable bonds is 3. The van der Waals surface area contributed by atoms with Gasteiger partial charge in [-0.25, -0.2) is 0 Å². The molecular weight excluding hydrogens is 355 g/mol. The lowest BCUT2D eigenvalue weighted by Crippen LogP contribution is -2.30. The Labute approximate surface area is 137 Å². The molecule has 4 unspecified atom stereocenters. The molecule has 0 N–H and O–H groups in total. The Morgan fingerprint density at radius 3 is 2.40 bits per heavy atom. The van der Waals surface area contributed by atoms with Crippen LogP contribution in [0.5, 0.6) is 0 Å². The van der Waals surface area contributed by atoms with Crippen LogP contribution in [-0.4, -0.2) is 0 Å². The summed E-state index contributed by atoms with van der Waals surface area (Å²) in [5.41, 5.74) is 1.60. The van der Waals surface area contributed by atoms with Gasteiger partial charge in [-0.05, 0) is 96.1 Å². The molecule has 0 radical (unpaired) electrons. The van der Waals surface area contributed by atoms with E-state index in [1.54, 1.807) is 5.56 Å². The molecule has 2 fully saturated rings. The molecule has 0 aromatic heterocycles. The summed E-state index contributed by atoms with van der Waals surface area (Å²) in [4.78, 5) is 0. The summed E-state index contributed by atoms with van der Waals surface area (Å²) >= 11 is 2.41. The average Bonchev–Trinajstić information content (AvgIpc) is 2.48. The SMILES string of the molecule is CCCC1CCC2CC(c3ccc(I)cc3)CCC2C1. The number of fused-ring (bicyclic) bond motifs is 1. The van der Waals surface area contributed by atoms with Crippen molar-refractivity contribution in [1.29, 1.82) is 0 Å². The van der Waals surface area contributed by atoms with Crippen molar-refractivity contribution in [2.24, 2.45) is 17.8 Å². The molecule has 0 bridgehead atoms. The van der Waals surface area contributed by atoms with E-state index in [1.165, 1.54) is 54.9 Å². The van der Waals surface area contributed by atoms with Gasteiger partial charge in [-0.15, -0.1) is 0 Å². The fourth-order valence-corrected chi connectivity index (χ4v) is 5.05. The lowest BCUT2D eigenvalue weighted by molar-refractivity contribution is 0.114. The Kier molecular flexibility index (Phi) is 5.06. The highest BCUT2D eigenvalue weighted by Gasteiger charge is 2.35. The van der Waals surface area contributed by atoms with Crippen LogP contribution in [0.4, 0.5) is 0 Å². The standard InChI is InChI=1S/C19H27I/c1-2-3-14-4-5-18-13-17(7-6-16(18)12-14)15-8-10-19(20)11-9-15/h8-11,14,16-18H,2-7,12-13H2,1H3. The highest BCUT2D eigenvalue weighted by atomic mass is 127. The molecule has 0 amide bonds. The second-order valence-corrected chi connectivity index (χ2v) is 8.30. The molecule has 1 aromatic carbocycles. The summed E-state index contributed by atoms with van der Waals surface area (Å²) in [5, 5.41) is 0.